The van der Waals surface area contributed by atoms with E-state index in [0.717, 1.165) is 29.1 Å². The van der Waals surface area contributed by atoms with Crippen molar-refractivity contribution in [1.82, 2.24) is 0 Å². The molecule has 0 saturated heterocycles. The number of halogens is 1. The van der Waals surface area contributed by atoms with Crippen molar-refractivity contribution in [2.75, 3.05) is 5.32 Å². The standard InChI is InChI=1S/C11H14ClNO/c1-7-8(12)3-2-4-9(7)13-10-5-6-11(10)14/h2-4,10-11,13-14H,5-6H2,1H3. The maximum atomic E-state index is 9.43. The van der Waals surface area contributed by atoms with Gasteiger partial charge in [-0.15, -0.1) is 0 Å². The van der Waals surface area contributed by atoms with Crippen LogP contribution in [0.15, 0.2) is 18.2 Å². The Labute approximate surface area is 88.9 Å². The zero-order valence-corrected chi connectivity index (χ0v) is 8.88. The summed E-state index contributed by atoms with van der Waals surface area (Å²) in [5.41, 5.74) is 2.08. The molecule has 1 aromatic carbocycles. The van der Waals surface area contributed by atoms with E-state index in [-0.39, 0.29) is 12.1 Å². The molecular formula is C11H14ClNO. The normalized spacial score (nSPS) is 25.6. The van der Waals surface area contributed by atoms with Gasteiger partial charge in [0.05, 0.1) is 12.1 Å². The van der Waals surface area contributed by atoms with Gasteiger partial charge in [-0.25, -0.2) is 0 Å². The van der Waals surface area contributed by atoms with Gasteiger partial charge in [0, 0.05) is 10.7 Å². The molecule has 1 saturated carbocycles. The Hall–Kier alpha value is -0.730. The van der Waals surface area contributed by atoms with Gasteiger partial charge >= 0.3 is 0 Å². The molecule has 1 aliphatic carbocycles. The third-order valence-electron chi connectivity index (χ3n) is 2.85. The Bertz CT molecular complexity index is 340. The van der Waals surface area contributed by atoms with Crippen LogP contribution in [0.5, 0.6) is 0 Å². The van der Waals surface area contributed by atoms with Crippen molar-refractivity contribution in [3.05, 3.63) is 28.8 Å². The smallest absolute Gasteiger partial charge is 0.0741 e. The number of hydrogen-bond acceptors (Lipinski definition) is 2. The number of aliphatic hydroxyl groups excluding tert-OH is 1. The van der Waals surface area contributed by atoms with E-state index >= 15 is 0 Å². The molecule has 1 aromatic rings. The van der Waals surface area contributed by atoms with E-state index in [1.54, 1.807) is 0 Å². The number of hydrogen-bond donors (Lipinski definition) is 2. The van der Waals surface area contributed by atoms with E-state index in [0.29, 0.717) is 0 Å². The van der Waals surface area contributed by atoms with Gasteiger partial charge in [-0.3, -0.25) is 0 Å². The average molecular weight is 212 g/mol. The first-order valence-electron chi connectivity index (χ1n) is 4.88. The second kappa shape index (κ2) is 3.79. The van der Waals surface area contributed by atoms with Crippen LogP contribution in [0.4, 0.5) is 5.69 Å². The van der Waals surface area contributed by atoms with Crippen molar-refractivity contribution < 1.29 is 5.11 Å². The molecule has 2 atom stereocenters. The summed E-state index contributed by atoms with van der Waals surface area (Å²) in [6.07, 6.45) is 1.73. The van der Waals surface area contributed by atoms with Crippen LogP contribution < -0.4 is 5.32 Å². The predicted octanol–water partition coefficient (Wildman–Crippen LogP) is 2.58. The molecule has 0 spiro atoms. The van der Waals surface area contributed by atoms with Gasteiger partial charge < -0.3 is 10.4 Å². The number of rotatable bonds is 2. The highest BCUT2D eigenvalue weighted by atomic mass is 35.5. The van der Waals surface area contributed by atoms with Gasteiger partial charge in [-0.2, -0.15) is 0 Å². The lowest BCUT2D eigenvalue weighted by atomic mass is 9.89. The van der Waals surface area contributed by atoms with E-state index in [1.165, 1.54) is 0 Å². The van der Waals surface area contributed by atoms with Gasteiger partial charge in [0.25, 0.3) is 0 Å². The summed E-state index contributed by atoms with van der Waals surface area (Å²) in [5, 5.41) is 13.5. The Morgan fingerprint density at radius 2 is 2.21 bits per heavy atom. The molecule has 2 N–H and O–H groups in total. The Balaban J connectivity index is 2.12. The van der Waals surface area contributed by atoms with Crippen molar-refractivity contribution in [2.24, 2.45) is 0 Å². The van der Waals surface area contributed by atoms with Gasteiger partial charge in [-0.05, 0) is 37.5 Å². The topological polar surface area (TPSA) is 32.3 Å². The quantitative estimate of drug-likeness (QED) is 0.788. The lowest BCUT2D eigenvalue weighted by Crippen LogP contribution is -2.42. The number of anilines is 1. The van der Waals surface area contributed by atoms with Gasteiger partial charge in [-0.1, -0.05) is 17.7 Å². The molecule has 14 heavy (non-hydrogen) atoms. The van der Waals surface area contributed by atoms with Crippen LogP contribution in [0.3, 0.4) is 0 Å². The Morgan fingerprint density at radius 3 is 2.79 bits per heavy atom. The SMILES string of the molecule is Cc1c(Cl)cccc1NC1CCC1O. The molecule has 76 valence electrons. The Kier molecular flexibility index (Phi) is 2.66. The lowest BCUT2D eigenvalue weighted by Gasteiger charge is -2.34. The first-order valence-corrected chi connectivity index (χ1v) is 5.26. The van der Waals surface area contributed by atoms with E-state index in [4.69, 9.17) is 11.6 Å². The number of nitrogens with one attached hydrogen (secondary N) is 1. The molecule has 1 fully saturated rings. The van der Waals surface area contributed by atoms with E-state index < -0.39 is 0 Å². The first kappa shape index (κ1) is 9.81. The third-order valence-corrected chi connectivity index (χ3v) is 3.26. The maximum absolute atomic E-state index is 9.43. The number of aliphatic hydroxyl groups is 1. The van der Waals surface area contributed by atoms with Crippen LogP contribution in [0.1, 0.15) is 18.4 Å². The summed E-state index contributed by atoms with van der Waals surface area (Å²) < 4.78 is 0. The molecule has 0 heterocycles. The molecule has 3 heteroatoms. The highest BCUT2D eigenvalue weighted by Crippen LogP contribution is 2.28. The summed E-state index contributed by atoms with van der Waals surface area (Å²) in [5.74, 6) is 0. The monoisotopic (exact) mass is 211 g/mol. The summed E-state index contributed by atoms with van der Waals surface area (Å²) in [6, 6.07) is 5.99. The van der Waals surface area contributed by atoms with E-state index in [1.807, 2.05) is 25.1 Å². The zero-order valence-electron chi connectivity index (χ0n) is 8.13. The van der Waals surface area contributed by atoms with Crippen molar-refractivity contribution in [3.63, 3.8) is 0 Å². The molecule has 0 amide bonds. The zero-order chi connectivity index (χ0) is 10.1. The molecular weight excluding hydrogens is 198 g/mol. The molecule has 0 aromatic heterocycles. The van der Waals surface area contributed by atoms with Gasteiger partial charge in [0.15, 0.2) is 0 Å². The van der Waals surface area contributed by atoms with Crippen LogP contribution in [-0.4, -0.2) is 17.3 Å². The third kappa shape index (κ3) is 1.72. The van der Waals surface area contributed by atoms with Gasteiger partial charge in [0.2, 0.25) is 0 Å². The number of benzene rings is 1. The molecule has 0 aliphatic heterocycles. The fourth-order valence-electron chi connectivity index (χ4n) is 1.61. The predicted molar refractivity (Wildman–Crippen MR) is 58.8 cm³/mol. The second-order valence-electron chi connectivity index (χ2n) is 3.81. The van der Waals surface area contributed by atoms with Crippen molar-refractivity contribution in [3.8, 4) is 0 Å². The molecule has 0 radical (unpaired) electrons. The maximum Gasteiger partial charge on any atom is 0.0741 e. The van der Waals surface area contributed by atoms with Crippen LogP contribution >= 0.6 is 11.6 Å². The van der Waals surface area contributed by atoms with Crippen molar-refractivity contribution in [2.45, 2.75) is 31.9 Å². The highest BCUT2D eigenvalue weighted by molar-refractivity contribution is 6.31. The molecule has 0 bridgehead atoms. The lowest BCUT2D eigenvalue weighted by molar-refractivity contribution is 0.0786. The van der Waals surface area contributed by atoms with E-state index in [2.05, 4.69) is 5.32 Å². The van der Waals surface area contributed by atoms with Crippen LogP contribution in [-0.2, 0) is 0 Å². The summed E-state index contributed by atoms with van der Waals surface area (Å²) in [4.78, 5) is 0. The minimum absolute atomic E-state index is 0.201. The largest absolute Gasteiger partial charge is 0.391 e. The molecule has 1 aliphatic rings. The van der Waals surface area contributed by atoms with Crippen LogP contribution in [0, 0.1) is 6.92 Å². The molecule has 2 rings (SSSR count). The first-order chi connectivity index (χ1) is 6.68. The summed E-state index contributed by atoms with van der Waals surface area (Å²) >= 11 is 5.99. The molecule has 2 unspecified atom stereocenters. The minimum atomic E-state index is -0.201. The van der Waals surface area contributed by atoms with Crippen LogP contribution in [0.2, 0.25) is 5.02 Å². The second-order valence-corrected chi connectivity index (χ2v) is 4.22. The van der Waals surface area contributed by atoms with E-state index in [9.17, 15) is 5.11 Å². The minimum Gasteiger partial charge on any atom is -0.391 e. The molecule has 2 nitrogen and oxygen atoms in total. The highest BCUT2D eigenvalue weighted by Gasteiger charge is 2.28. The summed E-state index contributed by atoms with van der Waals surface area (Å²) in [6.45, 7) is 1.98. The van der Waals surface area contributed by atoms with Crippen LogP contribution in [0.25, 0.3) is 0 Å². The van der Waals surface area contributed by atoms with Crippen molar-refractivity contribution >= 4 is 17.3 Å². The fraction of sp³-hybridized carbons (Fsp3) is 0.455. The summed E-state index contributed by atoms with van der Waals surface area (Å²) in [7, 11) is 0. The fourth-order valence-corrected chi connectivity index (χ4v) is 1.79. The van der Waals surface area contributed by atoms with Crippen molar-refractivity contribution in [1.29, 1.82) is 0 Å². The average Bonchev–Trinajstić information content (AvgIpc) is 2.18. The van der Waals surface area contributed by atoms with Gasteiger partial charge in [0.1, 0.15) is 0 Å². The Morgan fingerprint density at radius 1 is 1.43 bits per heavy atom.